The highest BCUT2D eigenvalue weighted by atomic mass is 35.5. The molecule has 4 nitrogen and oxygen atoms in total. The molecule has 2 aromatic heterocycles. The molecule has 0 saturated carbocycles. The van der Waals surface area contributed by atoms with Crippen molar-refractivity contribution < 1.29 is 22.1 Å². The van der Waals surface area contributed by atoms with Gasteiger partial charge in [0.05, 0.1) is 13.2 Å². The third kappa shape index (κ3) is 4.99. The summed E-state index contributed by atoms with van der Waals surface area (Å²) in [7, 11) is 1.73. The van der Waals surface area contributed by atoms with Crippen LogP contribution in [0.15, 0.2) is 41.8 Å². The van der Waals surface area contributed by atoms with Crippen molar-refractivity contribution in [3.8, 4) is 0 Å². The van der Waals surface area contributed by atoms with Gasteiger partial charge in [-0.1, -0.05) is 32.1 Å². The van der Waals surface area contributed by atoms with E-state index in [0.29, 0.717) is 0 Å². The first-order valence-corrected chi connectivity index (χ1v) is 10.3. The van der Waals surface area contributed by atoms with Crippen molar-refractivity contribution in [2.24, 2.45) is 0 Å². The van der Waals surface area contributed by atoms with Crippen LogP contribution in [0.5, 0.6) is 0 Å². The summed E-state index contributed by atoms with van der Waals surface area (Å²) >= 11 is 0. The van der Waals surface area contributed by atoms with Crippen LogP contribution >= 0.6 is 0 Å². The first kappa shape index (κ1) is 20.5. The second-order valence-electron chi connectivity index (χ2n) is 7.62. The Kier molecular flexibility index (Phi) is 7.21. The zero-order valence-electron chi connectivity index (χ0n) is 16.6. The fourth-order valence-corrected chi connectivity index (χ4v) is 3.98. The van der Waals surface area contributed by atoms with Crippen LogP contribution in [-0.2, 0) is 17.6 Å². The summed E-state index contributed by atoms with van der Waals surface area (Å²) < 4.78 is 5.59. The van der Waals surface area contributed by atoms with Crippen molar-refractivity contribution in [3.05, 3.63) is 64.6 Å². The second-order valence-corrected chi connectivity index (χ2v) is 7.62. The molecular formula is C23H30ClN3O. The average Bonchev–Trinajstić information content (AvgIpc) is 3.39. The zero-order valence-corrected chi connectivity index (χ0v) is 17.4. The van der Waals surface area contributed by atoms with Crippen molar-refractivity contribution in [1.29, 1.82) is 0 Å². The average molecular weight is 400 g/mol. The molecule has 0 aliphatic carbocycles. The van der Waals surface area contributed by atoms with Gasteiger partial charge < -0.3 is 27.1 Å². The van der Waals surface area contributed by atoms with E-state index in [0.717, 1.165) is 41.4 Å². The fourth-order valence-electron chi connectivity index (χ4n) is 3.98. The van der Waals surface area contributed by atoms with Crippen molar-refractivity contribution in [3.63, 3.8) is 0 Å². The molecule has 0 fully saturated rings. The summed E-state index contributed by atoms with van der Waals surface area (Å²) in [6.45, 7) is 0. The van der Waals surface area contributed by atoms with E-state index in [2.05, 4.69) is 51.4 Å². The summed E-state index contributed by atoms with van der Waals surface area (Å²) in [5, 5.41) is 0. The minimum atomic E-state index is 0. The molecule has 0 amide bonds. The Morgan fingerprint density at radius 2 is 1.43 bits per heavy atom. The predicted octanol–water partition coefficient (Wildman–Crippen LogP) is 0.631. The van der Waals surface area contributed by atoms with E-state index < -0.39 is 0 Å². The number of aryl methyl sites for hydroxylation is 2. The molecule has 0 radical (unpaired) electrons. The van der Waals surface area contributed by atoms with Crippen molar-refractivity contribution >= 4 is 11.8 Å². The van der Waals surface area contributed by atoms with E-state index in [1.165, 1.54) is 56.3 Å². The summed E-state index contributed by atoms with van der Waals surface area (Å²) in [4.78, 5) is 10.6. The Balaban J connectivity index is 0.00000225. The van der Waals surface area contributed by atoms with Crippen molar-refractivity contribution in [1.82, 2.24) is 9.97 Å². The van der Waals surface area contributed by atoms with Crippen LogP contribution in [0.25, 0.3) is 6.08 Å². The molecule has 3 N–H and O–H groups in total. The van der Waals surface area contributed by atoms with Gasteiger partial charge in [-0.2, -0.15) is 0 Å². The van der Waals surface area contributed by atoms with Gasteiger partial charge in [0.25, 0.3) is 0 Å². The SMILES string of the molecule is COC1=CC2=[NH+]C1=Cc1ccc([nH]1)CCCCCCCCCc1ccc2[nH]1.[Cl-]. The maximum atomic E-state index is 5.59. The molecule has 28 heavy (non-hydrogen) atoms. The van der Waals surface area contributed by atoms with E-state index in [4.69, 9.17) is 4.74 Å². The molecule has 6 bridgehead atoms. The maximum absolute atomic E-state index is 5.59. The smallest absolute Gasteiger partial charge is 0.248 e. The third-order valence-corrected chi connectivity index (χ3v) is 5.53. The maximum Gasteiger partial charge on any atom is 0.248 e. The van der Waals surface area contributed by atoms with E-state index in [1.54, 1.807) is 7.11 Å². The van der Waals surface area contributed by atoms with Crippen LogP contribution in [0.3, 0.4) is 0 Å². The minimum Gasteiger partial charge on any atom is -1.00 e. The number of H-pyrrole nitrogens is 2. The standard InChI is InChI=1S/C23H29N3O.ClH/c1-27-23-16-21-20-14-13-18(25-20)10-8-6-4-2-3-5-7-9-17-11-12-19(24-17)15-22(23)26-21;/h11-16,24-25H,2-10H2,1H3;1H. The molecule has 0 aromatic carbocycles. The number of nitrogens with one attached hydrogen (secondary N) is 3. The number of halogens is 1. The number of ether oxygens (including phenoxy) is 1. The van der Waals surface area contributed by atoms with E-state index >= 15 is 0 Å². The van der Waals surface area contributed by atoms with Gasteiger partial charge in [0.1, 0.15) is 5.69 Å². The number of aromatic nitrogens is 2. The monoisotopic (exact) mass is 399 g/mol. The first-order chi connectivity index (χ1) is 13.3. The fraction of sp³-hybridized carbons (Fsp3) is 0.435. The summed E-state index contributed by atoms with van der Waals surface area (Å²) in [5.74, 6) is 0.867. The Morgan fingerprint density at radius 1 is 0.786 bits per heavy atom. The van der Waals surface area contributed by atoms with Gasteiger partial charge in [0.15, 0.2) is 5.76 Å². The van der Waals surface area contributed by atoms with Gasteiger partial charge in [0.2, 0.25) is 11.4 Å². The molecule has 4 heterocycles. The van der Waals surface area contributed by atoms with E-state index in [-0.39, 0.29) is 12.4 Å². The number of aromatic amines is 2. The molecule has 0 saturated heterocycles. The first-order valence-electron chi connectivity index (χ1n) is 10.3. The van der Waals surface area contributed by atoms with Crippen molar-refractivity contribution in [2.75, 3.05) is 7.11 Å². The van der Waals surface area contributed by atoms with Crippen LogP contribution < -0.4 is 17.4 Å². The quantitative estimate of drug-likeness (QED) is 0.647. The van der Waals surface area contributed by atoms with E-state index in [1.807, 2.05) is 0 Å². The van der Waals surface area contributed by atoms with Crippen LogP contribution in [-0.4, -0.2) is 22.8 Å². The lowest BCUT2D eigenvalue weighted by atomic mass is 10.1. The van der Waals surface area contributed by atoms with Crippen molar-refractivity contribution in [2.45, 2.75) is 57.8 Å². The Morgan fingerprint density at radius 3 is 2.14 bits per heavy atom. The van der Waals surface area contributed by atoms with Gasteiger partial charge in [-0.3, -0.25) is 0 Å². The normalized spacial score (nSPS) is 18.0. The highest BCUT2D eigenvalue weighted by Crippen LogP contribution is 2.17. The van der Waals surface area contributed by atoms with Gasteiger partial charge in [-0.05, 0) is 49.9 Å². The topological polar surface area (TPSA) is 54.8 Å². The number of rotatable bonds is 1. The summed E-state index contributed by atoms with van der Waals surface area (Å²) in [5.41, 5.74) is 6.92. The van der Waals surface area contributed by atoms with Gasteiger partial charge in [-0.15, -0.1) is 0 Å². The Hall–Kier alpha value is -2.20. The van der Waals surface area contributed by atoms with Gasteiger partial charge in [0, 0.05) is 23.2 Å². The van der Waals surface area contributed by atoms with Gasteiger partial charge >= 0.3 is 0 Å². The lowest BCUT2D eigenvalue weighted by Gasteiger charge is -2.02. The minimum absolute atomic E-state index is 0. The molecule has 2 aliphatic rings. The van der Waals surface area contributed by atoms with Crippen LogP contribution in [0.2, 0.25) is 0 Å². The largest absolute Gasteiger partial charge is 1.00 e. The molecular weight excluding hydrogens is 370 g/mol. The van der Waals surface area contributed by atoms with Crippen LogP contribution in [0, 0.1) is 0 Å². The molecule has 5 heteroatoms. The Labute approximate surface area is 173 Å². The van der Waals surface area contributed by atoms with Crippen LogP contribution in [0.4, 0.5) is 0 Å². The number of hydrogen-bond donors (Lipinski definition) is 3. The van der Waals surface area contributed by atoms with Gasteiger partial charge in [-0.25, -0.2) is 4.99 Å². The van der Waals surface area contributed by atoms with Crippen LogP contribution in [0.1, 0.15) is 67.7 Å². The summed E-state index contributed by atoms with van der Waals surface area (Å²) in [6, 6.07) is 8.73. The second kappa shape index (κ2) is 9.83. The molecule has 150 valence electrons. The molecule has 0 atom stereocenters. The highest BCUT2D eigenvalue weighted by molar-refractivity contribution is 6.05. The Bertz CT molecular complexity index is 872. The molecule has 2 aromatic rings. The summed E-state index contributed by atoms with van der Waals surface area (Å²) in [6.07, 6.45) is 15.7. The molecule has 2 aliphatic heterocycles. The highest BCUT2D eigenvalue weighted by Gasteiger charge is 2.25. The third-order valence-electron chi connectivity index (χ3n) is 5.53. The van der Waals surface area contributed by atoms with E-state index in [9.17, 15) is 0 Å². The number of fused-ring (bicyclic) bond motifs is 6. The number of hydrogen-bond acceptors (Lipinski definition) is 1. The molecule has 0 unspecified atom stereocenters. The zero-order chi connectivity index (χ0) is 18.5. The molecule has 0 spiro atoms. The number of allylic oxidation sites excluding steroid dienone is 1. The lowest BCUT2D eigenvalue weighted by Crippen LogP contribution is -3.00. The number of methoxy groups -OCH3 is 1. The molecule has 4 rings (SSSR count). The lowest BCUT2D eigenvalue weighted by molar-refractivity contribution is -0.388. The predicted molar refractivity (Wildman–Crippen MR) is 109 cm³/mol.